The van der Waals surface area contributed by atoms with Gasteiger partial charge < -0.3 is 4.90 Å². The van der Waals surface area contributed by atoms with Crippen LogP contribution in [0, 0.1) is 12.5 Å². The Morgan fingerprint density at radius 2 is 1.73 bits per heavy atom. The maximum absolute atomic E-state index is 5.36. The topological polar surface area (TPSA) is 6.48 Å². The Kier molecular flexibility index (Phi) is 3.26. The lowest BCUT2D eigenvalue weighted by Crippen LogP contribution is -2.43. The standard InChI is InChI=1S/C13H16N2/c1-2-14-8-10-15(11-9-14)12-13-6-4-3-5-7-13/h1,3-7H,8-12H2. The smallest absolute Gasteiger partial charge is 0.0388 e. The zero-order valence-electron chi connectivity index (χ0n) is 8.89. The Bertz CT molecular complexity index is 331. The number of hydrogen-bond acceptors (Lipinski definition) is 2. The summed E-state index contributed by atoms with van der Waals surface area (Å²) in [5, 5.41) is 0. The van der Waals surface area contributed by atoms with E-state index in [0.29, 0.717) is 0 Å². The molecule has 78 valence electrons. The Hall–Kier alpha value is -1.46. The molecule has 1 heterocycles. The van der Waals surface area contributed by atoms with E-state index in [2.05, 4.69) is 41.3 Å². The van der Waals surface area contributed by atoms with Gasteiger partial charge in [-0.2, -0.15) is 0 Å². The Labute approximate surface area is 91.5 Å². The van der Waals surface area contributed by atoms with Gasteiger partial charge in [-0.25, -0.2) is 0 Å². The molecule has 0 N–H and O–H groups in total. The molecular formula is C13H16N2. The van der Waals surface area contributed by atoms with Gasteiger partial charge in [0.25, 0.3) is 0 Å². The maximum atomic E-state index is 5.36. The number of hydrogen-bond donors (Lipinski definition) is 0. The fourth-order valence-corrected chi connectivity index (χ4v) is 1.88. The molecule has 0 aromatic heterocycles. The van der Waals surface area contributed by atoms with Crippen LogP contribution in [0.15, 0.2) is 30.3 Å². The summed E-state index contributed by atoms with van der Waals surface area (Å²) in [7, 11) is 0. The monoisotopic (exact) mass is 200 g/mol. The van der Waals surface area contributed by atoms with Crippen molar-refractivity contribution in [1.82, 2.24) is 9.80 Å². The van der Waals surface area contributed by atoms with Crippen molar-refractivity contribution < 1.29 is 0 Å². The molecule has 2 nitrogen and oxygen atoms in total. The largest absolute Gasteiger partial charge is 0.330 e. The van der Waals surface area contributed by atoms with Crippen LogP contribution >= 0.6 is 0 Å². The number of benzene rings is 1. The fourth-order valence-electron chi connectivity index (χ4n) is 1.88. The van der Waals surface area contributed by atoms with Crippen LogP contribution < -0.4 is 0 Å². The van der Waals surface area contributed by atoms with Crippen molar-refractivity contribution in [3.8, 4) is 12.5 Å². The predicted molar refractivity (Wildman–Crippen MR) is 62.1 cm³/mol. The third-order valence-electron chi connectivity index (χ3n) is 2.80. The van der Waals surface area contributed by atoms with E-state index < -0.39 is 0 Å². The molecule has 0 saturated carbocycles. The van der Waals surface area contributed by atoms with Crippen LogP contribution in [0.4, 0.5) is 0 Å². The van der Waals surface area contributed by atoms with Crippen LogP contribution in [-0.2, 0) is 6.54 Å². The summed E-state index contributed by atoms with van der Waals surface area (Å²) in [6.07, 6.45) is 5.36. The molecule has 15 heavy (non-hydrogen) atoms. The van der Waals surface area contributed by atoms with Gasteiger partial charge in [0, 0.05) is 38.8 Å². The van der Waals surface area contributed by atoms with Gasteiger partial charge in [0.2, 0.25) is 0 Å². The van der Waals surface area contributed by atoms with Crippen LogP contribution in [0.25, 0.3) is 0 Å². The highest BCUT2D eigenvalue weighted by Gasteiger charge is 2.14. The van der Waals surface area contributed by atoms with E-state index in [-0.39, 0.29) is 0 Å². The number of terminal acetylenes is 1. The molecule has 0 radical (unpaired) electrons. The zero-order chi connectivity index (χ0) is 10.5. The van der Waals surface area contributed by atoms with Crippen molar-refractivity contribution in [2.45, 2.75) is 6.54 Å². The molecule has 0 unspecified atom stereocenters. The summed E-state index contributed by atoms with van der Waals surface area (Å²) in [6, 6.07) is 13.3. The van der Waals surface area contributed by atoms with Gasteiger partial charge in [-0.1, -0.05) is 36.8 Å². The van der Waals surface area contributed by atoms with Crippen molar-refractivity contribution >= 4 is 0 Å². The van der Waals surface area contributed by atoms with E-state index in [1.807, 2.05) is 4.90 Å². The van der Waals surface area contributed by atoms with E-state index >= 15 is 0 Å². The van der Waals surface area contributed by atoms with Crippen LogP contribution in [0.3, 0.4) is 0 Å². The van der Waals surface area contributed by atoms with Gasteiger partial charge in [-0.3, -0.25) is 4.90 Å². The van der Waals surface area contributed by atoms with Crippen LogP contribution in [0.2, 0.25) is 0 Å². The molecule has 1 aromatic rings. The molecule has 0 spiro atoms. The molecular weight excluding hydrogens is 184 g/mol. The molecule has 1 aliphatic heterocycles. The average molecular weight is 200 g/mol. The first-order valence-corrected chi connectivity index (χ1v) is 5.36. The van der Waals surface area contributed by atoms with Gasteiger partial charge in [0.05, 0.1) is 0 Å². The number of rotatable bonds is 2. The minimum atomic E-state index is 0.989. The summed E-state index contributed by atoms with van der Waals surface area (Å²) < 4.78 is 0. The lowest BCUT2D eigenvalue weighted by atomic mass is 10.2. The summed E-state index contributed by atoms with van der Waals surface area (Å²) in [4.78, 5) is 4.49. The second kappa shape index (κ2) is 4.86. The summed E-state index contributed by atoms with van der Waals surface area (Å²) in [6.45, 7) is 5.16. The van der Waals surface area contributed by atoms with Crippen molar-refractivity contribution in [1.29, 1.82) is 0 Å². The van der Waals surface area contributed by atoms with Gasteiger partial charge >= 0.3 is 0 Å². The molecule has 2 rings (SSSR count). The third kappa shape index (κ3) is 2.74. The zero-order valence-corrected chi connectivity index (χ0v) is 8.89. The SMILES string of the molecule is C#CN1CCN(Cc2ccccc2)CC1. The van der Waals surface area contributed by atoms with Gasteiger partial charge in [0.1, 0.15) is 0 Å². The van der Waals surface area contributed by atoms with Crippen LogP contribution in [-0.4, -0.2) is 36.0 Å². The van der Waals surface area contributed by atoms with E-state index in [1.165, 1.54) is 5.56 Å². The minimum Gasteiger partial charge on any atom is -0.330 e. The summed E-state index contributed by atoms with van der Waals surface area (Å²) in [5.74, 6) is 0. The molecule has 1 aliphatic rings. The number of piperazine rings is 1. The molecule has 1 aromatic carbocycles. The molecule has 0 atom stereocenters. The van der Waals surface area contributed by atoms with E-state index in [1.54, 1.807) is 0 Å². The molecule has 2 heteroatoms. The second-order valence-corrected chi connectivity index (χ2v) is 3.88. The molecule has 1 saturated heterocycles. The van der Waals surface area contributed by atoms with Crippen LogP contribution in [0.1, 0.15) is 5.56 Å². The third-order valence-corrected chi connectivity index (χ3v) is 2.80. The van der Waals surface area contributed by atoms with Gasteiger partial charge in [0.15, 0.2) is 0 Å². The van der Waals surface area contributed by atoms with Crippen molar-refractivity contribution in [3.05, 3.63) is 35.9 Å². The highest BCUT2D eigenvalue weighted by molar-refractivity contribution is 5.14. The molecule has 0 bridgehead atoms. The Morgan fingerprint density at radius 3 is 2.33 bits per heavy atom. The first-order chi connectivity index (χ1) is 7.38. The van der Waals surface area contributed by atoms with E-state index in [0.717, 1.165) is 32.7 Å². The Morgan fingerprint density at radius 1 is 1.07 bits per heavy atom. The lowest BCUT2D eigenvalue weighted by molar-refractivity contribution is 0.169. The normalized spacial score (nSPS) is 17.4. The van der Waals surface area contributed by atoms with Crippen LogP contribution in [0.5, 0.6) is 0 Å². The van der Waals surface area contributed by atoms with E-state index in [4.69, 9.17) is 6.42 Å². The second-order valence-electron chi connectivity index (χ2n) is 3.88. The van der Waals surface area contributed by atoms with Crippen molar-refractivity contribution in [3.63, 3.8) is 0 Å². The predicted octanol–water partition coefficient (Wildman–Crippen LogP) is 1.39. The quantitative estimate of drug-likeness (QED) is 0.666. The maximum Gasteiger partial charge on any atom is 0.0388 e. The minimum absolute atomic E-state index is 0.989. The lowest BCUT2D eigenvalue weighted by Gasteiger charge is -2.32. The summed E-state index contributed by atoms with van der Waals surface area (Å²) in [5.41, 5.74) is 1.38. The van der Waals surface area contributed by atoms with Gasteiger partial charge in [-0.05, 0) is 5.56 Å². The fraction of sp³-hybridized carbons (Fsp3) is 0.385. The van der Waals surface area contributed by atoms with E-state index in [9.17, 15) is 0 Å². The average Bonchev–Trinajstić information content (AvgIpc) is 2.31. The highest BCUT2D eigenvalue weighted by Crippen LogP contribution is 2.07. The molecule has 0 amide bonds. The molecule has 0 aliphatic carbocycles. The first-order valence-electron chi connectivity index (χ1n) is 5.36. The van der Waals surface area contributed by atoms with Crippen molar-refractivity contribution in [2.24, 2.45) is 0 Å². The number of nitrogens with zero attached hydrogens (tertiary/aromatic N) is 2. The van der Waals surface area contributed by atoms with Crippen molar-refractivity contribution in [2.75, 3.05) is 26.2 Å². The van der Waals surface area contributed by atoms with Gasteiger partial charge in [-0.15, -0.1) is 0 Å². The summed E-state index contributed by atoms with van der Waals surface area (Å²) >= 11 is 0. The Balaban J connectivity index is 1.85. The highest BCUT2D eigenvalue weighted by atomic mass is 15.2. The first kappa shape index (κ1) is 10.1. The molecule has 1 fully saturated rings.